The van der Waals surface area contributed by atoms with Crippen molar-refractivity contribution in [1.82, 2.24) is 0 Å². The minimum absolute atomic E-state index is 0.0767. The molecule has 0 aromatic carbocycles. The number of esters is 1. The normalized spacial score (nSPS) is 31.5. The Hall–Kier alpha value is -0.610. The Labute approximate surface area is 65.7 Å². The van der Waals surface area contributed by atoms with Crippen molar-refractivity contribution in [3.8, 4) is 0 Å². The number of hydrogen-bond donors (Lipinski definition) is 1. The van der Waals surface area contributed by atoms with Crippen molar-refractivity contribution in [2.24, 2.45) is 5.73 Å². The molecular weight excluding hydrogens is 146 g/mol. The highest BCUT2D eigenvalue weighted by atomic mass is 16.6. The number of carbonyl (C=O) groups excluding carboxylic acids is 1. The maximum absolute atomic E-state index is 10.9. The smallest absolute Gasteiger partial charge is 0.335 e. The molecule has 1 fully saturated rings. The molecule has 4 heteroatoms. The van der Waals surface area contributed by atoms with Crippen LogP contribution in [0.2, 0.25) is 0 Å². The summed E-state index contributed by atoms with van der Waals surface area (Å²) in [5.41, 5.74) is 5.63. The van der Waals surface area contributed by atoms with E-state index in [1.165, 1.54) is 7.11 Å². The predicted molar refractivity (Wildman–Crippen MR) is 39.0 cm³/mol. The fourth-order valence-electron chi connectivity index (χ4n) is 1.12. The van der Waals surface area contributed by atoms with Crippen molar-refractivity contribution < 1.29 is 14.3 Å². The van der Waals surface area contributed by atoms with Crippen molar-refractivity contribution >= 4 is 5.97 Å². The first-order chi connectivity index (χ1) is 5.24. The fraction of sp³-hybridized carbons (Fsp3) is 0.857. The molecule has 1 saturated heterocycles. The monoisotopic (exact) mass is 159 g/mol. The van der Waals surface area contributed by atoms with E-state index in [4.69, 9.17) is 10.5 Å². The van der Waals surface area contributed by atoms with Gasteiger partial charge in [-0.25, -0.2) is 4.79 Å². The Bertz CT molecular complexity index is 149. The summed E-state index contributed by atoms with van der Waals surface area (Å²) in [6, 6.07) is 0.0767. The maximum Gasteiger partial charge on any atom is 0.335 e. The van der Waals surface area contributed by atoms with Crippen LogP contribution in [0.1, 0.15) is 12.8 Å². The Morgan fingerprint density at radius 3 is 3.00 bits per heavy atom. The highest BCUT2D eigenvalue weighted by Gasteiger charge is 2.26. The summed E-state index contributed by atoms with van der Waals surface area (Å²) in [7, 11) is 1.35. The van der Waals surface area contributed by atoms with E-state index in [0.29, 0.717) is 13.0 Å². The molecule has 11 heavy (non-hydrogen) atoms. The highest BCUT2D eigenvalue weighted by molar-refractivity contribution is 5.74. The first kappa shape index (κ1) is 8.49. The molecule has 1 aliphatic heterocycles. The molecule has 1 rings (SSSR count). The van der Waals surface area contributed by atoms with Gasteiger partial charge in [-0.05, 0) is 12.8 Å². The summed E-state index contributed by atoms with van der Waals surface area (Å²) in [6.07, 6.45) is 0.962. The minimum Gasteiger partial charge on any atom is -0.467 e. The van der Waals surface area contributed by atoms with Gasteiger partial charge in [-0.3, -0.25) is 0 Å². The summed E-state index contributed by atoms with van der Waals surface area (Å²) >= 11 is 0. The Morgan fingerprint density at radius 2 is 2.45 bits per heavy atom. The SMILES string of the molecule is COC(=O)[C@H]1C[C@H](N)CCO1. The van der Waals surface area contributed by atoms with Crippen molar-refractivity contribution in [2.75, 3.05) is 13.7 Å². The van der Waals surface area contributed by atoms with E-state index in [9.17, 15) is 4.79 Å². The zero-order chi connectivity index (χ0) is 8.27. The van der Waals surface area contributed by atoms with Gasteiger partial charge in [0.1, 0.15) is 0 Å². The average molecular weight is 159 g/mol. The van der Waals surface area contributed by atoms with Gasteiger partial charge >= 0.3 is 5.97 Å². The number of ether oxygens (including phenoxy) is 2. The van der Waals surface area contributed by atoms with Crippen molar-refractivity contribution in [3.63, 3.8) is 0 Å². The number of methoxy groups -OCH3 is 1. The van der Waals surface area contributed by atoms with E-state index in [-0.39, 0.29) is 12.0 Å². The van der Waals surface area contributed by atoms with Gasteiger partial charge in [0.15, 0.2) is 6.10 Å². The lowest BCUT2D eigenvalue weighted by molar-refractivity contribution is -0.157. The molecule has 2 atom stereocenters. The topological polar surface area (TPSA) is 61.5 Å². The lowest BCUT2D eigenvalue weighted by Crippen LogP contribution is -2.39. The van der Waals surface area contributed by atoms with Gasteiger partial charge in [0.2, 0.25) is 0 Å². The second kappa shape index (κ2) is 3.69. The van der Waals surface area contributed by atoms with Crippen LogP contribution in [0.3, 0.4) is 0 Å². The van der Waals surface area contributed by atoms with Crippen molar-refractivity contribution in [1.29, 1.82) is 0 Å². The molecule has 0 aromatic rings. The zero-order valence-corrected chi connectivity index (χ0v) is 6.58. The predicted octanol–water partition coefficient (Wildman–Crippen LogP) is -0.334. The molecule has 2 N–H and O–H groups in total. The van der Waals surface area contributed by atoms with Crippen LogP contribution in [0.5, 0.6) is 0 Å². The van der Waals surface area contributed by atoms with E-state index in [1.54, 1.807) is 0 Å². The van der Waals surface area contributed by atoms with Crippen LogP contribution in [-0.4, -0.2) is 31.8 Å². The van der Waals surface area contributed by atoms with E-state index in [0.717, 1.165) is 6.42 Å². The van der Waals surface area contributed by atoms with E-state index >= 15 is 0 Å². The summed E-state index contributed by atoms with van der Waals surface area (Å²) in [5.74, 6) is -0.319. The minimum atomic E-state index is -0.441. The van der Waals surface area contributed by atoms with Crippen LogP contribution in [0.25, 0.3) is 0 Å². The van der Waals surface area contributed by atoms with E-state index in [1.807, 2.05) is 0 Å². The fourth-order valence-corrected chi connectivity index (χ4v) is 1.12. The van der Waals surface area contributed by atoms with Gasteiger partial charge in [-0.1, -0.05) is 0 Å². The Morgan fingerprint density at radius 1 is 1.73 bits per heavy atom. The molecule has 0 aromatic heterocycles. The molecule has 4 nitrogen and oxygen atoms in total. The van der Waals surface area contributed by atoms with Crippen molar-refractivity contribution in [2.45, 2.75) is 25.0 Å². The lowest BCUT2D eigenvalue weighted by Gasteiger charge is -2.24. The molecular formula is C7H13NO3. The molecule has 1 heterocycles. The molecule has 0 spiro atoms. The lowest BCUT2D eigenvalue weighted by atomic mass is 10.0. The zero-order valence-electron chi connectivity index (χ0n) is 6.58. The molecule has 0 bridgehead atoms. The first-order valence-electron chi connectivity index (χ1n) is 3.69. The highest BCUT2D eigenvalue weighted by Crippen LogP contribution is 2.12. The number of hydrogen-bond acceptors (Lipinski definition) is 4. The number of rotatable bonds is 1. The van der Waals surface area contributed by atoms with E-state index in [2.05, 4.69) is 4.74 Å². The van der Waals surface area contributed by atoms with Gasteiger partial charge in [0.05, 0.1) is 7.11 Å². The molecule has 0 radical (unpaired) electrons. The van der Waals surface area contributed by atoms with Gasteiger partial charge in [-0.15, -0.1) is 0 Å². The first-order valence-corrected chi connectivity index (χ1v) is 3.69. The van der Waals surface area contributed by atoms with Crippen LogP contribution in [0.15, 0.2) is 0 Å². The van der Waals surface area contributed by atoms with Gasteiger partial charge < -0.3 is 15.2 Å². The Kier molecular flexibility index (Phi) is 2.84. The van der Waals surface area contributed by atoms with Crippen LogP contribution in [0.4, 0.5) is 0 Å². The van der Waals surface area contributed by atoms with E-state index < -0.39 is 6.10 Å². The van der Waals surface area contributed by atoms with Crippen molar-refractivity contribution in [3.05, 3.63) is 0 Å². The summed E-state index contributed by atoms with van der Waals surface area (Å²) in [6.45, 7) is 0.556. The average Bonchev–Trinajstić information content (AvgIpc) is 2.03. The molecule has 0 amide bonds. The largest absolute Gasteiger partial charge is 0.467 e. The summed E-state index contributed by atoms with van der Waals surface area (Å²) < 4.78 is 9.67. The second-order valence-electron chi connectivity index (χ2n) is 2.67. The maximum atomic E-state index is 10.9. The number of carbonyl (C=O) groups is 1. The molecule has 64 valence electrons. The molecule has 1 aliphatic rings. The molecule has 0 unspecified atom stereocenters. The van der Waals surface area contributed by atoms with Crippen LogP contribution in [-0.2, 0) is 14.3 Å². The number of nitrogens with two attached hydrogens (primary N) is 1. The van der Waals surface area contributed by atoms with Crippen LogP contribution < -0.4 is 5.73 Å². The van der Waals surface area contributed by atoms with Crippen LogP contribution in [0, 0.1) is 0 Å². The summed E-state index contributed by atoms with van der Waals surface area (Å²) in [5, 5.41) is 0. The van der Waals surface area contributed by atoms with Gasteiger partial charge in [0.25, 0.3) is 0 Å². The molecule has 0 aliphatic carbocycles. The molecule has 0 saturated carbocycles. The third-order valence-electron chi connectivity index (χ3n) is 1.79. The second-order valence-corrected chi connectivity index (χ2v) is 2.67. The van der Waals surface area contributed by atoms with Gasteiger partial charge in [-0.2, -0.15) is 0 Å². The third kappa shape index (κ3) is 2.17. The quantitative estimate of drug-likeness (QED) is 0.532. The standard InChI is InChI=1S/C7H13NO3/c1-10-7(9)6-4-5(8)2-3-11-6/h5-6H,2-4,8H2,1H3/t5-,6-/m1/s1. The van der Waals surface area contributed by atoms with Crippen LogP contribution >= 0.6 is 0 Å². The third-order valence-corrected chi connectivity index (χ3v) is 1.79. The summed E-state index contributed by atoms with van der Waals surface area (Å²) in [4.78, 5) is 10.9. The Balaban J connectivity index is 2.39. The van der Waals surface area contributed by atoms with Gasteiger partial charge in [0, 0.05) is 12.6 Å².